The fraction of sp³-hybridized carbons (Fsp3) is 0.333. The number of para-hydroxylation sites is 1. The van der Waals surface area contributed by atoms with E-state index in [1.807, 2.05) is 37.3 Å². The molecule has 4 nitrogen and oxygen atoms in total. The number of aliphatic hydroxyl groups is 1. The predicted molar refractivity (Wildman–Crippen MR) is 87.1 cm³/mol. The Balaban J connectivity index is 1.67. The summed E-state index contributed by atoms with van der Waals surface area (Å²) >= 11 is 0. The summed E-state index contributed by atoms with van der Waals surface area (Å²) in [6.45, 7) is 3.34. The van der Waals surface area contributed by atoms with E-state index < -0.39 is 6.10 Å². The Morgan fingerprint density at radius 2 is 1.73 bits per heavy atom. The SMILES string of the molecule is CC(NCCCOc1ccccc1)C(O)c1ccc(O)cc1. The van der Waals surface area contributed by atoms with Crippen molar-refractivity contribution in [2.45, 2.75) is 25.5 Å². The molecule has 2 rings (SSSR count). The Bertz CT molecular complexity index is 542. The Morgan fingerprint density at radius 3 is 2.41 bits per heavy atom. The lowest BCUT2D eigenvalue weighted by molar-refractivity contribution is 0.135. The molecule has 0 aliphatic carbocycles. The van der Waals surface area contributed by atoms with Crippen LogP contribution in [0, 0.1) is 0 Å². The molecule has 0 aliphatic heterocycles. The summed E-state index contributed by atoms with van der Waals surface area (Å²) in [6.07, 6.45) is 0.261. The highest BCUT2D eigenvalue weighted by Crippen LogP contribution is 2.19. The van der Waals surface area contributed by atoms with Crippen molar-refractivity contribution in [1.82, 2.24) is 5.32 Å². The number of aromatic hydroxyl groups is 1. The van der Waals surface area contributed by atoms with Crippen LogP contribution in [0.3, 0.4) is 0 Å². The number of hydrogen-bond acceptors (Lipinski definition) is 4. The molecule has 4 heteroatoms. The summed E-state index contributed by atoms with van der Waals surface area (Å²) in [6, 6.07) is 16.3. The van der Waals surface area contributed by atoms with Gasteiger partial charge in [0, 0.05) is 6.04 Å². The van der Waals surface area contributed by atoms with Crippen LogP contribution in [0.5, 0.6) is 11.5 Å². The fourth-order valence-electron chi connectivity index (χ4n) is 2.18. The zero-order chi connectivity index (χ0) is 15.8. The lowest BCUT2D eigenvalue weighted by atomic mass is 10.0. The smallest absolute Gasteiger partial charge is 0.119 e. The predicted octanol–water partition coefficient (Wildman–Crippen LogP) is 2.87. The maximum Gasteiger partial charge on any atom is 0.119 e. The second-order valence-corrected chi connectivity index (χ2v) is 5.29. The molecule has 2 unspecified atom stereocenters. The lowest BCUT2D eigenvalue weighted by Gasteiger charge is -2.20. The average molecular weight is 301 g/mol. The maximum atomic E-state index is 10.2. The molecule has 0 heterocycles. The van der Waals surface area contributed by atoms with E-state index in [2.05, 4.69) is 5.32 Å². The highest BCUT2D eigenvalue weighted by Gasteiger charge is 2.15. The average Bonchev–Trinajstić information content (AvgIpc) is 2.55. The molecule has 0 aliphatic rings. The van der Waals surface area contributed by atoms with E-state index >= 15 is 0 Å². The van der Waals surface area contributed by atoms with Crippen LogP contribution in [-0.4, -0.2) is 29.4 Å². The number of rotatable bonds is 8. The molecule has 0 spiro atoms. The molecule has 118 valence electrons. The standard InChI is InChI=1S/C18H23NO3/c1-14(18(21)15-8-10-16(20)11-9-15)19-12-5-13-22-17-6-3-2-4-7-17/h2-4,6-11,14,18-21H,5,12-13H2,1H3. The van der Waals surface area contributed by atoms with Crippen LogP contribution >= 0.6 is 0 Å². The summed E-state index contributed by atoms with van der Waals surface area (Å²) < 4.78 is 5.62. The van der Waals surface area contributed by atoms with Gasteiger partial charge in [0.05, 0.1) is 12.7 Å². The maximum absolute atomic E-state index is 10.2. The normalized spacial score (nSPS) is 13.5. The largest absolute Gasteiger partial charge is 0.508 e. The van der Waals surface area contributed by atoms with Gasteiger partial charge in [-0.05, 0) is 49.7 Å². The van der Waals surface area contributed by atoms with Crippen molar-refractivity contribution in [1.29, 1.82) is 0 Å². The minimum atomic E-state index is -0.601. The van der Waals surface area contributed by atoms with E-state index in [1.54, 1.807) is 24.3 Å². The molecular weight excluding hydrogens is 278 g/mol. The third kappa shape index (κ3) is 5.06. The minimum absolute atomic E-state index is 0.0683. The molecule has 0 amide bonds. The monoisotopic (exact) mass is 301 g/mol. The molecule has 22 heavy (non-hydrogen) atoms. The van der Waals surface area contributed by atoms with Gasteiger partial charge in [0.25, 0.3) is 0 Å². The molecule has 0 saturated carbocycles. The van der Waals surface area contributed by atoms with Gasteiger partial charge in [-0.25, -0.2) is 0 Å². The molecule has 0 saturated heterocycles. The fourth-order valence-corrected chi connectivity index (χ4v) is 2.18. The Labute approximate surface area is 131 Å². The van der Waals surface area contributed by atoms with Crippen LogP contribution < -0.4 is 10.1 Å². The topological polar surface area (TPSA) is 61.7 Å². The minimum Gasteiger partial charge on any atom is -0.508 e. The van der Waals surface area contributed by atoms with Crippen molar-refractivity contribution in [2.75, 3.05) is 13.2 Å². The first kappa shape index (κ1) is 16.3. The summed E-state index contributed by atoms with van der Waals surface area (Å²) in [5.41, 5.74) is 0.790. The number of hydrogen-bond donors (Lipinski definition) is 3. The summed E-state index contributed by atoms with van der Waals surface area (Å²) in [5.74, 6) is 1.08. The van der Waals surface area contributed by atoms with Gasteiger partial charge in [-0.3, -0.25) is 0 Å². The zero-order valence-corrected chi connectivity index (χ0v) is 12.8. The van der Waals surface area contributed by atoms with E-state index in [0.29, 0.717) is 6.61 Å². The first-order valence-corrected chi connectivity index (χ1v) is 7.55. The molecule has 3 N–H and O–H groups in total. The summed E-state index contributed by atoms with van der Waals surface area (Å²) in [4.78, 5) is 0. The number of benzene rings is 2. The molecule has 0 aromatic heterocycles. The summed E-state index contributed by atoms with van der Waals surface area (Å²) in [5, 5.41) is 22.8. The van der Waals surface area contributed by atoms with Crippen molar-refractivity contribution in [3.8, 4) is 11.5 Å². The van der Waals surface area contributed by atoms with E-state index in [4.69, 9.17) is 4.74 Å². The quantitative estimate of drug-likeness (QED) is 0.656. The van der Waals surface area contributed by atoms with E-state index in [9.17, 15) is 10.2 Å². The molecule has 0 radical (unpaired) electrons. The molecule has 0 bridgehead atoms. The van der Waals surface area contributed by atoms with Crippen LogP contribution in [0.4, 0.5) is 0 Å². The number of phenols is 1. The molecule has 2 atom stereocenters. The lowest BCUT2D eigenvalue weighted by Crippen LogP contribution is -2.33. The number of nitrogens with one attached hydrogen (secondary N) is 1. The molecule has 2 aromatic carbocycles. The first-order valence-electron chi connectivity index (χ1n) is 7.55. The van der Waals surface area contributed by atoms with Gasteiger partial charge >= 0.3 is 0 Å². The van der Waals surface area contributed by atoms with Crippen LogP contribution in [-0.2, 0) is 0 Å². The van der Waals surface area contributed by atoms with E-state index in [1.165, 1.54) is 0 Å². The Kier molecular flexibility index (Phi) is 6.25. The first-order chi connectivity index (χ1) is 10.7. The van der Waals surface area contributed by atoms with Crippen molar-refractivity contribution in [3.05, 3.63) is 60.2 Å². The van der Waals surface area contributed by atoms with Gasteiger partial charge in [-0.2, -0.15) is 0 Å². The summed E-state index contributed by atoms with van der Waals surface area (Å²) in [7, 11) is 0. The van der Waals surface area contributed by atoms with Gasteiger partial charge in [0.1, 0.15) is 11.5 Å². The van der Waals surface area contributed by atoms with E-state index in [0.717, 1.165) is 24.3 Å². The van der Waals surface area contributed by atoms with Crippen molar-refractivity contribution in [3.63, 3.8) is 0 Å². The number of ether oxygens (including phenoxy) is 1. The highest BCUT2D eigenvalue weighted by molar-refractivity contribution is 5.27. The number of phenolic OH excluding ortho intramolecular Hbond substituents is 1. The molecular formula is C18H23NO3. The van der Waals surface area contributed by atoms with Crippen molar-refractivity contribution >= 4 is 0 Å². The second kappa shape index (κ2) is 8.41. The van der Waals surface area contributed by atoms with Gasteiger partial charge < -0.3 is 20.3 Å². The van der Waals surface area contributed by atoms with Gasteiger partial charge in [0.15, 0.2) is 0 Å². The second-order valence-electron chi connectivity index (χ2n) is 5.29. The molecule has 2 aromatic rings. The number of aliphatic hydroxyl groups excluding tert-OH is 1. The Hall–Kier alpha value is -2.04. The third-order valence-corrected chi connectivity index (χ3v) is 3.51. The third-order valence-electron chi connectivity index (χ3n) is 3.51. The van der Waals surface area contributed by atoms with Gasteiger partial charge in [-0.1, -0.05) is 30.3 Å². The van der Waals surface area contributed by atoms with Crippen LogP contribution in [0.15, 0.2) is 54.6 Å². The zero-order valence-electron chi connectivity index (χ0n) is 12.8. The van der Waals surface area contributed by atoms with Crippen LogP contribution in [0.2, 0.25) is 0 Å². The van der Waals surface area contributed by atoms with Crippen LogP contribution in [0.1, 0.15) is 25.0 Å². The van der Waals surface area contributed by atoms with Crippen molar-refractivity contribution < 1.29 is 14.9 Å². The van der Waals surface area contributed by atoms with Crippen molar-refractivity contribution in [2.24, 2.45) is 0 Å². The van der Waals surface area contributed by atoms with E-state index in [-0.39, 0.29) is 11.8 Å². The van der Waals surface area contributed by atoms with Gasteiger partial charge in [0.2, 0.25) is 0 Å². The highest BCUT2D eigenvalue weighted by atomic mass is 16.5. The van der Waals surface area contributed by atoms with Crippen LogP contribution in [0.25, 0.3) is 0 Å². The molecule has 0 fully saturated rings. The Morgan fingerprint density at radius 1 is 1.05 bits per heavy atom. The van der Waals surface area contributed by atoms with Gasteiger partial charge in [-0.15, -0.1) is 0 Å².